The maximum Gasteiger partial charge on any atom is 0.305 e. The molecular formula is C12H14N4O2S. The average molecular weight is 278 g/mol. The van der Waals surface area contributed by atoms with Crippen LogP contribution in [-0.2, 0) is 4.79 Å². The average Bonchev–Trinajstić information content (AvgIpc) is 2.87. The number of carboxylic acids is 1. The van der Waals surface area contributed by atoms with Crippen LogP contribution in [0.1, 0.15) is 6.42 Å². The highest BCUT2D eigenvalue weighted by Crippen LogP contribution is 2.27. The molecule has 19 heavy (non-hydrogen) atoms. The van der Waals surface area contributed by atoms with Gasteiger partial charge in [-0.1, -0.05) is 0 Å². The number of hydrogen-bond donors (Lipinski definition) is 1. The zero-order chi connectivity index (χ0) is 13.2. The molecule has 0 amide bonds. The fourth-order valence-corrected chi connectivity index (χ4v) is 3.43. The van der Waals surface area contributed by atoms with Crippen LogP contribution >= 0.6 is 11.8 Å². The number of aromatic nitrogens is 3. The molecule has 0 spiro atoms. The van der Waals surface area contributed by atoms with Crippen LogP contribution < -0.4 is 4.90 Å². The van der Waals surface area contributed by atoms with Crippen LogP contribution in [0.5, 0.6) is 0 Å². The molecule has 3 rings (SSSR count). The van der Waals surface area contributed by atoms with Gasteiger partial charge in [0.1, 0.15) is 5.52 Å². The van der Waals surface area contributed by atoms with Crippen molar-refractivity contribution in [3.8, 4) is 0 Å². The molecule has 1 aliphatic rings. The normalized spacial score (nSPS) is 19.8. The molecule has 1 atom stereocenters. The first-order valence-electron chi connectivity index (χ1n) is 6.10. The van der Waals surface area contributed by atoms with Gasteiger partial charge in [0, 0.05) is 36.5 Å². The second-order valence-electron chi connectivity index (χ2n) is 4.43. The Morgan fingerprint density at radius 1 is 1.53 bits per heavy atom. The summed E-state index contributed by atoms with van der Waals surface area (Å²) < 4.78 is 1.77. The molecule has 1 unspecified atom stereocenters. The number of aliphatic carboxylic acids is 1. The van der Waals surface area contributed by atoms with Gasteiger partial charge in [-0.3, -0.25) is 4.79 Å². The Hall–Kier alpha value is -1.76. The Balaban J connectivity index is 1.97. The highest BCUT2D eigenvalue weighted by atomic mass is 32.2. The minimum Gasteiger partial charge on any atom is -0.481 e. The van der Waals surface area contributed by atoms with E-state index < -0.39 is 5.97 Å². The second kappa shape index (κ2) is 5.08. The second-order valence-corrected chi connectivity index (χ2v) is 5.58. The van der Waals surface area contributed by atoms with E-state index in [-0.39, 0.29) is 12.5 Å². The van der Waals surface area contributed by atoms with Crippen molar-refractivity contribution in [1.29, 1.82) is 0 Å². The van der Waals surface area contributed by atoms with Crippen molar-refractivity contribution in [2.45, 2.75) is 12.5 Å². The number of carbonyl (C=O) groups is 1. The Morgan fingerprint density at radius 3 is 3.26 bits per heavy atom. The predicted octanol–water partition coefficient (Wildman–Crippen LogP) is 1.13. The van der Waals surface area contributed by atoms with Crippen LogP contribution in [0.2, 0.25) is 0 Å². The summed E-state index contributed by atoms with van der Waals surface area (Å²) in [7, 11) is 0. The summed E-state index contributed by atoms with van der Waals surface area (Å²) in [5.41, 5.74) is 0.921. The van der Waals surface area contributed by atoms with E-state index in [9.17, 15) is 4.79 Å². The maximum atomic E-state index is 11.0. The molecule has 0 saturated carbocycles. The van der Waals surface area contributed by atoms with E-state index >= 15 is 0 Å². The fourth-order valence-electron chi connectivity index (χ4n) is 2.37. The molecule has 0 aromatic carbocycles. The molecule has 0 aliphatic carbocycles. The van der Waals surface area contributed by atoms with Crippen LogP contribution in [0.4, 0.5) is 5.82 Å². The van der Waals surface area contributed by atoms with Crippen molar-refractivity contribution in [2.24, 2.45) is 0 Å². The van der Waals surface area contributed by atoms with Crippen LogP contribution in [0, 0.1) is 0 Å². The van der Waals surface area contributed by atoms with Crippen LogP contribution in [-0.4, -0.2) is 49.8 Å². The van der Waals surface area contributed by atoms with Gasteiger partial charge in [-0.25, -0.2) is 9.50 Å². The zero-order valence-electron chi connectivity index (χ0n) is 10.3. The lowest BCUT2D eigenvalue weighted by Crippen LogP contribution is -2.44. The first kappa shape index (κ1) is 12.3. The fraction of sp³-hybridized carbons (Fsp3) is 0.417. The molecule has 7 heteroatoms. The molecule has 1 saturated heterocycles. The van der Waals surface area contributed by atoms with Gasteiger partial charge in [0.2, 0.25) is 0 Å². The van der Waals surface area contributed by atoms with Gasteiger partial charge in [-0.2, -0.15) is 16.9 Å². The number of rotatable bonds is 3. The molecule has 0 bridgehead atoms. The van der Waals surface area contributed by atoms with E-state index in [1.165, 1.54) is 0 Å². The molecule has 1 fully saturated rings. The van der Waals surface area contributed by atoms with Crippen molar-refractivity contribution < 1.29 is 9.90 Å². The lowest BCUT2D eigenvalue weighted by atomic mass is 10.2. The van der Waals surface area contributed by atoms with Gasteiger partial charge < -0.3 is 10.0 Å². The summed E-state index contributed by atoms with van der Waals surface area (Å²) in [6.07, 6.45) is 5.37. The molecule has 0 radical (unpaired) electrons. The van der Waals surface area contributed by atoms with Crippen molar-refractivity contribution in [1.82, 2.24) is 14.6 Å². The topological polar surface area (TPSA) is 70.7 Å². The standard InChI is InChI=1S/C12H14N4O2S/c17-11(18)7-9-8-19-6-5-15(9)12-10-1-2-14-16(10)4-3-13-12/h1-4,9H,5-8H2,(H,17,18). The Kier molecular flexibility index (Phi) is 3.29. The van der Waals surface area contributed by atoms with Crippen molar-refractivity contribution in [2.75, 3.05) is 23.0 Å². The van der Waals surface area contributed by atoms with Crippen molar-refractivity contribution in [3.63, 3.8) is 0 Å². The van der Waals surface area contributed by atoms with Gasteiger partial charge >= 0.3 is 5.97 Å². The molecule has 1 N–H and O–H groups in total. The highest BCUT2D eigenvalue weighted by Gasteiger charge is 2.27. The van der Waals surface area contributed by atoms with Crippen molar-refractivity contribution >= 4 is 29.1 Å². The Bertz CT molecular complexity index is 600. The third-order valence-electron chi connectivity index (χ3n) is 3.21. The highest BCUT2D eigenvalue weighted by molar-refractivity contribution is 7.99. The van der Waals surface area contributed by atoms with Gasteiger partial charge in [0.05, 0.1) is 12.6 Å². The predicted molar refractivity (Wildman–Crippen MR) is 73.7 cm³/mol. The number of anilines is 1. The van der Waals surface area contributed by atoms with Gasteiger partial charge in [-0.15, -0.1) is 0 Å². The molecule has 2 aromatic heterocycles. The van der Waals surface area contributed by atoms with Gasteiger partial charge in [-0.05, 0) is 6.07 Å². The molecule has 6 nitrogen and oxygen atoms in total. The number of carboxylic acid groups (broad SMARTS) is 1. The lowest BCUT2D eigenvalue weighted by Gasteiger charge is -2.35. The SMILES string of the molecule is O=C(O)CC1CSCCN1c1nccn2nccc12. The minimum absolute atomic E-state index is 0.00940. The van der Waals surface area contributed by atoms with Crippen LogP contribution in [0.3, 0.4) is 0 Å². The third kappa shape index (κ3) is 2.37. The minimum atomic E-state index is -0.766. The van der Waals surface area contributed by atoms with Gasteiger partial charge in [0.25, 0.3) is 0 Å². The summed E-state index contributed by atoms with van der Waals surface area (Å²) in [6.45, 7) is 0.820. The smallest absolute Gasteiger partial charge is 0.305 e. The van der Waals surface area contributed by atoms with Crippen LogP contribution in [0.15, 0.2) is 24.7 Å². The zero-order valence-corrected chi connectivity index (χ0v) is 11.1. The number of nitrogens with zero attached hydrogens (tertiary/aromatic N) is 4. The monoisotopic (exact) mass is 278 g/mol. The van der Waals surface area contributed by atoms with E-state index in [0.29, 0.717) is 0 Å². The summed E-state index contributed by atoms with van der Waals surface area (Å²) in [5, 5.41) is 13.2. The largest absolute Gasteiger partial charge is 0.481 e. The van der Waals surface area contributed by atoms with Gasteiger partial charge in [0.15, 0.2) is 5.82 Å². The van der Waals surface area contributed by atoms with Crippen LogP contribution in [0.25, 0.3) is 5.52 Å². The number of thioether (sulfide) groups is 1. The van der Waals surface area contributed by atoms with E-state index in [1.807, 2.05) is 6.07 Å². The Morgan fingerprint density at radius 2 is 2.42 bits per heavy atom. The maximum absolute atomic E-state index is 11.0. The first-order chi connectivity index (χ1) is 9.25. The summed E-state index contributed by atoms with van der Waals surface area (Å²) in [6, 6.07) is 1.90. The molecule has 100 valence electrons. The first-order valence-corrected chi connectivity index (χ1v) is 7.26. The van der Waals surface area contributed by atoms with Crippen molar-refractivity contribution in [3.05, 3.63) is 24.7 Å². The van der Waals surface area contributed by atoms with E-state index in [1.54, 1.807) is 34.9 Å². The molecule has 3 heterocycles. The molecule has 1 aliphatic heterocycles. The quantitative estimate of drug-likeness (QED) is 0.907. The third-order valence-corrected chi connectivity index (χ3v) is 4.31. The lowest BCUT2D eigenvalue weighted by molar-refractivity contribution is -0.137. The summed E-state index contributed by atoms with van der Waals surface area (Å²) >= 11 is 1.80. The molecular weight excluding hydrogens is 264 g/mol. The van der Waals surface area contributed by atoms with E-state index in [0.717, 1.165) is 29.4 Å². The Labute approximate surface area is 114 Å². The molecule has 2 aromatic rings. The van der Waals surface area contributed by atoms with E-state index in [2.05, 4.69) is 15.0 Å². The summed E-state index contributed by atoms with van der Waals surface area (Å²) in [4.78, 5) is 17.5. The number of hydrogen-bond acceptors (Lipinski definition) is 5. The van der Waals surface area contributed by atoms with E-state index in [4.69, 9.17) is 5.11 Å². The number of fused-ring (bicyclic) bond motifs is 1. The summed E-state index contributed by atoms with van der Waals surface area (Å²) in [5.74, 6) is 1.88.